The molecule has 0 radical (unpaired) electrons. The first-order chi connectivity index (χ1) is 15.6. The van der Waals surface area contributed by atoms with Gasteiger partial charge in [0.15, 0.2) is 5.65 Å². The second kappa shape index (κ2) is 8.41. The zero-order valence-electron chi connectivity index (χ0n) is 18.1. The van der Waals surface area contributed by atoms with E-state index < -0.39 is 6.10 Å². The molecule has 0 aromatic carbocycles. The molecule has 10 nitrogen and oxygen atoms in total. The van der Waals surface area contributed by atoms with Gasteiger partial charge < -0.3 is 14.7 Å². The van der Waals surface area contributed by atoms with E-state index in [1.807, 2.05) is 12.1 Å². The Labute approximate surface area is 185 Å². The number of rotatable bonds is 5. The van der Waals surface area contributed by atoms with Crippen molar-refractivity contribution >= 4 is 5.65 Å². The Kier molecular flexibility index (Phi) is 5.45. The summed E-state index contributed by atoms with van der Waals surface area (Å²) in [5, 5.41) is 36.0. The Hall–Kier alpha value is -3.16. The highest BCUT2D eigenvalue weighted by molar-refractivity contribution is 5.42. The average molecular weight is 435 g/mol. The summed E-state index contributed by atoms with van der Waals surface area (Å²) in [5.74, 6) is 0.885. The molecule has 3 aromatic rings. The van der Waals surface area contributed by atoms with E-state index >= 15 is 0 Å². The number of tetrazole rings is 1. The second-order valence-electron chi connectivity index (χ2n) is 8.96. The van der Waals surface area contributed by atoms with Crippen molar-refractivity contribution in [1.82, 2.24) is 35.1 Å². The minimum atomic E-state index is -0.714. The summed E-state index contributed by atoms with van der Waals surface area (Å²) in [4.78, 5) is 6.56. The number of nitriles is 1. The number of hydrogen-bond donors (Lipinski definition) is 1. The second-order valence-corrected chi connectivity index (χ2v) is 8.96. The van der Waals surface area contributed by atoms with Gasteiger partial charge in [-0.1, -0.05) is 0 Å². The van der Waals surface area contributed by atoms with Crippen LogP contribution in [0.25, 0.3) is 5.65 Å². The molecule has 1 N–H and O–H groups in total. The number of aliphatic hydroxyl groups excluding tert-OH is 1. The fraction of sp³-hybridized carbons (Fsp3) is 0.545. The van der Waals surface area contributed by atoms with Gasteiger partial charge in [-0.15, -0.1) is 9.73 Å². The summed E-state index contributed by atoms with van der Waals surface area (Å²) in [7, 11) is 1.52. The van der Waals surface area contributed by atoms with Gasteiger partial charge in [-0.25, -0.2) is 0 Å². The summed E-state index contributed by atoms with van der Waals surface area (Å²) in [6.07, 6.45) is 6.46. The number of pyridine rings is 1. The highest BCUT2D eigenvalue weighted by Gasteiger charge is 2.42. The number of aliphatic hydroxyl groups is 1. The van der Waals surface area contributed by atoms with Crippen molar-refractivity contribution in [2.45, 2.75) is 44.1 Å². The standard InChI is InChI=1S/C22H26N8O2/c1-32-20-10-18(24-13-16(20)12-23)19(31)14-29-8-6-22(7-9-29)5-4-15(11-22)17-2-3-21-25-27-28-30(21)26-17/h2-3,10,13,15,19,31H,4-9,11,14H2,1H3/t15?,19-/m0/s1. The van der Waals surface area contributed by atoms with Crippen LogP contribution in [0.2, 0.25) is 0 Å². The Bertz CT molecular complexity index is 1150. The molecule has 5 rings (SSSR count). The van der Waals surface area contributed by atoms with Crippen molar-refractivity contribution in [3.05, 3.63) is 41.3 Å². The van der Waals surface area contributed by atoms with Crippen LogP contribution in [0.1, 0.15) is 61.1 Å². The lowest BCUT2D eigenvalue weighted by Crippen LogP contribution is -2.41. The minimum Gasteiger partial charge on any atom is -0.495 e. The molecule has 1 saturated carbocycles. The summed E-state index contributed by atoms with van der Waals surface area (Å²) < 4.78 is 6.75. The van der Waals surface area contributed by atoms with Gasteiger partial charge in [0.05, 0.1) is 18.5 Å². The molecule has 1 unspecified atom stereocenters. The Morgan fingerprint density at radius 2 is 2.16 bits per heavy atom. The van der Waals surface area contributed by atoms with Crippen LogP contribution in [-0.2, 0) is 0 Å². The number of ether oxygens (including phenoxy) is 1. The molecule has 1 aliphatic heterocycles. The van der Waals surface area contributed by atoms with E-state index in [4.69, 9.17) is 10.00 Å². The topological polar surface area (TPSA) is 125 Å². The van der Waals surface area contributed by atoms with Crippen LogP contribution in [0.4, 0.5) is 0 Å². The number of piperidine rings is 1. The molecule has 2 atom stereocenters. The lowest BCUT2D eigenvalue weighted by atomic mass is 9.76. The highest BCUT2D eigenvalue weighted by atomic mass is 16.5. The monoisotopic (exact) mass is 434 g/mol. The van der Waals surface area contributed by atoms with Gasteiger partial charge in [0.2, 0.25) is 0 Å². The number of likely N-dealkylation sites (tertiary alicyclic amines) is 1. The summed E-state index contributed by atoms with van der Waals surface area (Å²) in [6, 6.07) is 7.70. The third kappa shape index (κ3) is 3.89. The lowest BCUT2D eigenvalue weighted by molar-refractivity contribution is 0.0573. The van der Waals surface area contributed by atoms with Crippen LogP contribution in [0.15, 0.2) is 24.4 Å². The molecule has 0 amide bonds. The van der Waals surface area contributed by atoms with E-state index in [9.17, 15) is 5.11 Å². The smallest absolute Gasteiger partial charge is 0.199 e. The predicted octanol–water partition coefficient (Wildman–Crippen LogP) is 1.88. The van der Waals surface area contributed by atoms with Crippen LogP contribution in [0.3, 0.4) is 0 Å². The Balaban J connectivity index is 1.18. The van der Waals surface area contributed by atoms with E-state index in [0.29, 0.717) is 40.5 Å². The first kappa shape index (κ1) is 20.7. The molecule has 4 heterocycles. The number of β-amino-alcohol motifs (C(OH)–C–C–N with tert-alkyl or cyclic N) is 1. The van der Waals surface area contributed by atoms with E-state index in [1.54, 1.807) is 6.07 Å². The van der Waals surface area contributed by atoms with Gasteiger partial charge in [-0.3, -0.25) is 4.98 Å². The fourth-order valence-electron chi connectivity index (χ4n) is 5.23. The predicted molar refractivity (Wildman–Crippen MR) is 114 cm³/mol. The first-order valence-corrected chi connectivity index (χ1v) is 11.0. The number of aromatic nitrogens is 6. The van der Waals surface area contributed by atoms with E-state index in [-0.39, 0.29) is 0 Å². The Morgan fingerprint density at radius 1 is 1.31 bits per heavy atom. The lowest BCUT2D eigenvalue weighted by Gasteiger charge is -2.40. The maximum absolute atomic E-state index is 10.7. The maximum atomic E-state index is 10.7. The highest BCUT2D eigenvalue weighted by Crippen LogP contribution is 2.52. The fourth-order valence-corrected chi connectivity index (χ4v) is 5.23. The minimum absolute atomic E-state index is 0.347. The molecule has 1 saturated heterocycles. The zero-order valence-corrected chi connectivity index (χ0v) is 18.1. The summed E-state index contributed by atoms with van der Waals surface area (Å²) in [5.41, 5.74) is 2.99. The number of nitrogens with zero attached hydrogens (tertiary/aromatic N) is 8. The van der Waals surface area contributed by atoms with Gasteiger partial charge in [0.1, 0.15) is 23.5 Å². The van der Waals surface area contributed by atoms with E-state index in [1.165, 1.54) is 24.4 Å². The largest absolute Gasteiger partial charge is 0.495 e. The molecule has 10 heteroatoms. The SMILES string of the molecule is COc1cc([C@@H](O)CN2CCC3(CCC(c4ccc5nnnn5n4)C3)CC2)ncc1C#N. The number of hydrogen-bond acceptors (Lipinski definition) is 9. The van der Waals surface area contributed by atoms with Crippen LogP contribution >= 0.6 is 0 Å². The molecule has 0 bridgehead atoms. The zero-order chi connectivity index (χ0) is 22.1. The van der Waals surface area contributed by atoms with Crippen LogP contribution in [0.5, 0.6) is 5.75 Å². The van der Waals surface area contributed by atoms with Crippen molar-refractivity contribution in [2.24, 2.45) is 5.41 Å². The molecule has 1 aliphatic carbocycles. The van der Waals surface area contributed by atoms with Crippen molar-refractivity contribution in [3.8, 4) is 11.8 Å². The molecule has 166 valence electrons. The maximum Gasteiger partial charge on any atom is 0.199 e. The van der Waals surface area contributed by atoms with Gasteiger partial charge in [0, 0.05) is 24.7 Å². The van der Waals surface area contributed by atoms with Crippen molar-refractivity contribution < 1.29 is 9.84 Å². The number of fused-ring (bicyclic) bond motifs is 1. The Morgan fingerprint density at radius 3 is 2.94 bits per heavy atom. The molecule has 2 aliphatic rings. The third-order valence-corrected chi connectivity index (χ3v) is 7.13. The summed E-state index contributed by atoms with van der Waals surface area (Å²) in [6.45, 7) is 2.44. The quantitative estimate of drug-likeness (QED) is 0.640. The number of methoxy groups -OCH3 is 1. The van der Waals surface area contributed by atoms with Crippen LogP contribution in [0, 0.1) is 16.7 Å². The van der Waals surface area contributed by atoms with Gasteiger partial charge in [-0.05, 0) is 73.2 Å². The van der Waals surface area contributed by atoms with E-state index in [0.717, 1.165) is 44.5 Å². The first-order valence-electron chi connectivity index (χ1n) is 11.0. The molecule has 1 spiro atoms. The molecule has 32 heavy (non-hydrogen) atoms. The third-order valence-electron chi connectivity index (χ3n) is 7.13. The van der Waals surface area contributed by atoms with Crippen molar-refractivity contribution in [2.75, 3.05) is 26.7 Å². The van der Waals surface area contributed by atoms with Gasteiger partial charge in [0.25, 0.3) is 0 Å². The van der Waals surface area contributed by atoms with Gasteiger partial charge >= 0.3 is 0 Å². The normalized spacial score (nSPS) is 21.6. The van der Waals surface area contributed by atoms with Crippen molar-refractivity contribution in [3.63, 3.8) is 0 Å². The van der Waals surface area contributed by atoms with Gasteiger partial charge in [-0.2, -0.15) is 10.4 Å². The van der Waals surface area contributed by atoms with Crippen LogP contribution < -0.4 is 4.74 Å². The van der Waals surface area contributed by atoms with E-state index in [2.05, 4.69) is 36.6 Å². The molecule has 2 fully saturated rings. The van der Waals surface area contributed by atoms with Crippen LogP contribution in [-0.4, -0.2) is 67.0 Å². The molecule has 3 aromatic heterocycles. The molecular formula is C22H26N8O2. The van der Waals surface area contributed by atoms with Crippen molar-refractivity contribution in [1.29, 1.82) is 5.26 Å². The summed E-state index contributed by atoms with van der Waals surface area (Å²) >= 11 is 0. The average Bonchev–Trinajstić information content (AvgIpc) is 3.47. The molecular weight excluding hydrogens is 408 g/mol.